The van der Waals surface area contributed by atoms with E-state index in [1.807, 2.05) is 24.3 Å². The summed E-state index contributed by atoms with van der Waals surface area (Å²) in [6.07, 6.45) is 0.466. The van der Waals surface area contributed by atoms with Gasteiger partial charge in [-0.2, -0.15) is 0 Å². The number of carbonyl (C=O) groups excluding carboxylic acids is 2. The number of hydrogen-bond donors (Lipinski definition) is 0. The number of ketones is 1. The predicted molar refractivity (Wildman–Crippen MR) is 70.1 cm³/mol. The Bertz CT molecular complexity index is 475. The van der Waals surface area contributed by atoms with Gasteiger partial charge in [0.25, 0.3) is 0 Å². The summed E-state index contributed by atoms with van der Waals surface area (Å²) in [5.74, 6) is -0.421. The number of ether oxygens (including phenoxy) is 2. The average Bonchev–Trinajstić information content (AvgIpc) is 3.17. The molecule has 2 atom stereocenters. The molecule has 0 saturated heterocycles. The molecule has 0 aliphatic heterocycles. The van der Waals surface area contributed by atoms with E-state index in [4.69, 9.17) is 9.47 Å². The van der Waals surface area contributed by atoms with Crippen molar-refractivity contribution >= 4 is 11.8 Å². The summed E-state index contributed by atoms with van der Waals surface area (Å²) < 4.78 is 10.0. The van der Waals surface area contributed by atoms with Crippen LogP contribution in [0.4, 0.5) is 0 Å². The van der Waals surface area contributed by atoms with Crippen molar-refractivity contribution in [1.29, 1.82) is 0 Å². The molecule has 102 valence electrons. The van der Waals surface area contributed by atoms with Crippen molar-refractivity contribution in [1.82, 2.24) is 0 Å². The molecule has 1 aliphatic rings. The van der Waals surface area contributed by atoms with Gasteiger partial charge in [0.1, 0.15) is 5.75 Å². The van der Waals surface area contributed by atoms with Crippen LogP contribution in [0.25, 0.3) is 0 Å². The molecule has 0 bridgehead atoms. The van der Waals surface area contributed by atoms with Crippen molar-refractivity contribution in [2.45, 2.75) is 32.3 Å². The van der Waals surface area contributed by atoms with Gasteiger partial charge >= 0.3 is 5.97 Å². The van der Waals surface area contributed by atoms with E-state index in [-0.39, 0.29) is 17.9 Å². The molecule has 1 saturated carbocycles. The molecule has 19 heavy (non-hydrogen) atoms. The Hall–Kier alpha value is -1.84. The number of benzene rings is 1. The topological polar surface area (TPSA) is 52.6 Å². The first-order valence-electron chi connectivity index (χ1n) is 6.41. The molecule has 0 radical (unpaired) electrons. The number of rotatable bonds is 5. The van der Waals surface area contributed by atoms with Crippen molar-refractivity contribution in [2.24, 2.45) is 5.92 Å². The van der Waals surface area contributed by atoms with Crippen molar-refractivity contribution < 1.29 is 19.1 Å². The number of Topliss-reactive ketones (excluding diaryl/α,β-unsaturated/α-hetero) is 1. The molecule has 1 aromatic carbocycles. The minimum absolute atomic E-state index is 0.137. The minimum Gasteiger partial charge on any atom is -0.497 e. The summed E-state index contributed by atoms with van der Waals surface area (Å²) in [6.45, 7) is 3.47. The molecule has 0 spiro atoms. The first-order valence-corrected chi connectivity index (χ1v) is 6.41. The van der Waals surface area contributed by atoms with Crippen LogP contribution in [0.1, 0.15) is 31.7 Å². The summed E-state index contributed by atoms with van der Waals surface area (Å²) in [5.41, 5.74) is 1.07. The van der Waals surface area contributed by atoms with Gasteiger partial charge in [0.15, 0.2) is 0 Å². The number of methoxy groups -OCH3 is 1. The maximum Gasteiger partial charge on any atom is 0.375 e. The highest BCUT2D eigenvalue weighted by atomic mass is 16.5. The fourth-order valence-electron chi connectivity index (χ4n) is 2.13. The van der Waals surface area contributed by atoms with Crippen LogP contribution in [0, 0.1) is 5.92 Å². The predicted octanol–water partition coefficient (Wildman–Crippen LogP) is 2.32. The van der Waals surface area contributed by atoms with Crippen LogP contribution >= 0.6 is 0 Å². The van der Waals surface area contributed by atoms with Crippen LogP contribution in [0.2, 0.25) is 0 Å². The average molecular weight is 262 g/mol. The SMILES string of the molecule is COc1ccc([C@@H]2CC2C(=O)C(=O)OC(C)C)cc1. The van der Waals surface area contributed by atoms with Crippen molar-refractivity contribution in [3.05, 3.63) is 29.8 Å². The highest BCUT2D eigenvalue weighted by molar-refractivity contribution is 6.35. The molecule has 1 fully saturated rings. The largest absolute Gasteiger partial charge is 0.497 e. The van der Waals surface area contributed by atoms with E-state index in [1.54, 1.807) is 21.0 Å². The van der Waals surface area contributed by atoms with Gasteiger partial charge in [-0.1, -0.05) is 12.1 Å². The smallest absolute Gasteiger partial charge is 0.375 e. The molecular weight excluding hydrogens is 244 g/mol. The van der Waals surface area contributed by atoms with Crippen LogP contribution in [0.5, 0.6) is 5.75 Å². The maximum atomic E-state index is 11.8. The molecule has 1 aromatic rings. The molecule has 0 aromatic heterocycles. The molecule has 1 unspecified atom stereocenters. The van der Waals surface area contributed by atoms with E-state index in [9.17, 15) is 9.59 Å². The molecule has 0 heterocycles. The molecule has 0 amide bonds. The van der Waals surface area contributed by atoms with E-state index in [0.717, 1.165) is 17.7 Å². The lowest BCUT2D eigenvalue weighted by Crippen LogP contribution is -2.22. The van der Waals surface area contributed by atoms with Gasteiger partial charge in [-0.3, -0.25) is 4.79 Å². The fourth-order valence-corrected chi connectivity index (χ4v) is 2.13. The summed E-state index contributed by atoms with van der Waals surface area (Å²) >= 11 is 0. The van der Waals surface area contributed by atoms with Gasteiger partial charge in [0, 0.05) is 5.92 Å². The zero-order chi connectivity index (χ0) is 14.0. The van der Waals surface area contributed by atoms with E-state index in [2.05, 4.69) is 0 Å². The second-order valence-corrected chi connectivity index (χ2v) is 5.04. The Morgan fingerprint density at radius 2 is 1.84 bits per heavy atom. The third-order valence-electron chi connectivity index (χ3n) is 3.22. The van der Waals surface area contributed by atoms with Crippen molar-refractivity contribution in [3.8, 4) is 5.75 Å². The number of esters is 1. The normalized spacial score (nSPS) is 21.1. The van der Waals surface area contributed by atoms with Gasteiger partial charge < -0.3 is 9.47 Å². The molecule has 4 heteroatoms. The lowest BCUT2D eigenvalue weighted by atomic mass is 10.1. The monoisotopic (exact) mass is 262 g/mol. The third kappa shape index (κ3) is 3.13. The van der Waals surface area contributed by atoms with E-state index in [1.165, 1.54) is 0 Å². The van der Waals surface area contributed by atoms with E-state index < -0.39 is 11.8 Å². The third-order valence-corrected chi connectivity index (χ3v) is 3.22. The Morgan fingerprint density at radius 3 is 2.37 bits per heavy atom. The quantitative estimate of drug-likeness (QED) is 0.603. The Kier molecular flexibility index (Phi) is 3.88. The summed E-state index contributed by atoms with van der Waals surface area (Å²) in [7, 11) is 1.61. The number of hydrogen-bond acceptors (Lipinski definition) is 4. The first kappa shape index (κ1) is 13.6. The van der Waals surface area contributed by atoms with Crippen molar-refractivity contribution in [3.63, 3.8) is 0 Å². The van der Waals surface area contributed by atoms with Crippen LogP contribution in [-0.2, 0) is 14.3 Å². The van der Waals surface area contributed by atoms with Gasteiger partial charge in [0.05, 0.1) is 13.2 Å². The van der Waals surface area contributed by atoms with Crippen LogP contribution < -0.4 is 4.74 Å². The number of carbonyl (C=O) groups is 2. The van der Waals surface area contributed by atoms with Gasteiger partial charge in [0.2, 0.25) is 5.78 Å². The zero-order valence-electron chi connectivity index (χ0n) is 11.4. The molecule has 4 nitrogen and oxygen atoms in total. The molecule has 1 aliphatic carbocycles. The molecular formula is C15H18O4. The highest BCUT2D eigenvalue weighted by Crippen LogP contribution is 2.48. The second-order valence-electron chi connectivity index (χ2n) is 5.04. The first-order chi connectivity index (χ1) is 9.02. The lowest BCUT2D eigenvalue weighted by molar-refractivity contribution is -0.157. The Balaban J connectivity index is 1.96. The van der Waals surface area contributed by atoms with Crippen LogP contribution in [0.3, 0.4) is 0 Å². The standard InChI is InChI=1S/C15H18O4/c1-9(2)19-15(17)14(16)13-8-12(13)10-4-6-11(18-3)7-5-10/h4-7,9,12-13H,8H2,1-3H3/t12-,13?/m0/s1. The molecule has 0 N–H and O–H groups in total. The van der Waals surface area contributed by atoms with Crippen molar-refractivity contribution in [2.75, 3.05) is 7.11 Å². The zero-order valence-corrected chi connectivity index (χ0v) is 11.4. The minimum atomic E-state index is -0.712. The van der Waals surface area contributed by atoms with Crippen LogP contribution in [0.15, 0.2) is 24.3 Å². The lowest BCUT2D eigenvalue weighted by Gasteiger charge is -2.06. The van der Waals surface area contributed by atoms with Gasteiger partial charge in [-0.05, 0) is 43.9 Å². The fraction of sp³-hybridized carbons (Fsp3) is 0.467. The summed E-state index contributed by atoms with van der Waals surface area (Å²) in [4.78, 5) is 23.4. The van der Waals surface area contributed by atoms with Gasteiger partial charge in [-0.15, -0.1) is 0 Å². The summed E-state index contributed by atoms with van der Waals surface area (Å²) in [5, 5.41) is 0. The highest BCUT2D eigenvalue weighted by Gasteiger charge is 2.47. The van der Waals surface area contributed by atoms with E-state index in [0.29, 0.717) is 0 Å². The Morgan fingerprint density at radius 1 is 1.21 bits per heavy atom. The Labute approximate surface area is 112 Å². The van der Waals surface area contributed by atoms with E-state index >= 15 is 0 Å². The van der Waals surface area contributed by atoms with Gasteiger partial charge in [-0.25, -0.2) is 4.79 Å². The summed E-state index contributed by atoms with van der Waals surface area (Å²) in [6, 6.07) is 7.60. The maximum absolute atomic E-state index is 11.8. The molecule has 2 rings (SSSR count). The van der Waals surface area contributed by atoms with Crippen LogP contribution in [-0.4, -0.2) is 25.0 Å². The second kappa shape index (κ2) is 5.43.